The largest absolute Gasteiger partial charge is 0.449 e. The molecule has 0 saturated heterocycles. The van der Waals surface area contributed by atoms with Crippen molar-refractivity contribution >= 4 is 27.5 Å². The van der Waals surface area contributed by atoms with E-state index < -0.39 is 10.0 Å². The first-order chi connectivity index (χ1) is 15.9. The van der Waals surface area contributed by atoms with Crippen molar-refractivity contribution in [2.24, 2.45) is 0 Å². The Labute approximate surface area is 191 Å². The van der Waals surface area contributed by atoms with Gasteiger partial charge in [-0.15, -0.1) is 0 Å². The van der Waals surface area contributed by atoms with E-state index in [9.17, 15) is 8.42 Å². The third kappa shape index (κ3) is 5.90. The van der Waals surface area contributed by atoms with E-state index in [2.05, 4.69) is 35.3 Å². The van der Waals surface area contributed by atoms with Crippen LogP contribution in [0.5, 0.6) is 0 Å². The Morgan fingerprint density at radius 3 is 2.39 bits per heavy atom. The van der Waals surface area contributed by atoms with Gasteiger partial charge in [0, 0.05) is 37.8 Å². The summed E-state index contributed by atoms with van der Waals surface area (Å²) in [5.41, 5.74) is 1.44. The zero-order valence-electron chi connectivity index (χ0n) is 18.1. The van der Waals surface area contributed by atoms with Crippen LogP contribution in [0.15, 0.2) is 70.3 Å². The predicted octanol–water partition coefficient (Wildman–Crippen LogP) is 3.28. The highest BCUT2D eigenvalue weighted by Gasteiger charge is 2.14. The van der Waals surface area contributed by atoms with Gasteiger partial charge in [0.15, 0.2) is 5.89 Å². The molecule has 0 fully saturated rings. The molecule has 0 amide bonds. The molecule has 0 saturated carbocycles. The number of oxazole rings is 1. The monoisotopic (exact) mass is 465 g/mol. The van der Waals surface area contributed by atoms with E-state index in [1.54, 1.807) is 50.4 Å². The number of aryl methyl sites for hydroxylation is 2. The highest BCUT2D eigenvalue weighted by Crippen LogP contribution is 2.20. The maximum absolute atomic E-state index is 12.6. The first kappa shape index (κ1) is 22.4. The van der Waals surface area contributed by atoms with Crippen molar-refractivity contribution < 1.29 is 12.8 Å². The topological polar surface area (TPSA) is 135 Å². The fraction of sp³-hybridized carbons (Fsp3) is 0.182. The van der Waals surface area contributed by atoms with Gasteiger partial charge in [-0.2, -0.15) is 0 Å². The number of aromatic nitrogens is 4. The average molecular weight is 466 g/mol. The lowest BCUT2D eigenvalue weighted by atomic mass is 10.2. The van der Waals surface area contributed by atoms with Gasteiger partial charge in [-0.25, -0.2) is 33.1 Å². The summed E-state index contributed by atoms with van der Waals surface area (Å²) in [4.78, 5) is 17.3. The molecule has 0 aliphatic rings. The number of benzene rings is 1. The van der Waals surface area contributed by atoms with Gasteiger partial charge in [-0.05, 0) is 31.2 Å². The van der Waals surface area contributed by atoms with Crippen molar-refractivity contribution in [1.29, 1.82) is 0 Å². The minimum atomic E-state index is -3.65. The van der Waals surface area contributed by atoms with Crippen molar-refractivity contribution in [3.8, 4) is 11.3 Å². The highest BCUT2D eigenvalue weighted by molar-refractivity contribution is 7.89. The summed E-state index contributed by atoms with van der Waals surface area (Å²) < 4.78 is 33.0. The zero-order chi connectivity index (χ0) is 23.3. The van der Waals surface area contributed by atoms with E-state index in [4.69, 9.17) is 4.42 Å². The Hall–Kier alpha value is -3.83. The first-order valence-corrected chi connectivity index (χ1v) is 11.7. The van der Waals surface area contributed by atoms with Crippen LogP contribution in [0.4, 0.5) is 17.5 Å². The molecule has 3 aromatic heterocycles. The number of sulfonamides is 1. The van der Waals surface area contributed by atoms with Gasteiger partial charge in [-0.3, -0.25) is 0 Å². The van der Waals surface area contributed by atoms with Gasteiger partial charge in [0.2, 0.25) is 10.0 Å². The van der Waals surface area contributed by atoms with Crippen molar-refractivity contribution in [3.05, 3.63) is 72.7 Å². The number of rotatable bonds is 9. The van der Waals surface area contributed by atoms with Crippen LogP contribution in [-0.4, -0.2) is 41.4 Å². The molecule has 33 heavy (non-hydrogen) atoms. The molecule has 0 spiro atoms. The van der Waals surface area contributed by atoms with Crippen LogP contribution >= 0.6 is 0 Å². The molecule has 11 heteroatoms. The lowest BCUT2D eigenvalue weighted by Crippen LogP contribution is -2.29. The Bertz CT molecular complexity index is 1320. The summed E-state index contributed by atoms with van der Waals surface area (Å²) >= 11 is 0. The van der Waals surface area contributed by atoms with Crippen LogP contribution in [-0.2, 0) is 10.0 Å². The molecular weight excluding hydrogens is 442 g/mol. The SMILES string of the molecule is Cc1nc(NCCNS(=O)(=O)c2ccc(-c3coc(C)n3)cc2)cc(Nc2ccccn2)n1. The number of pyridine rings is 1. The molecule has 0 aliphatic carbocycles. The van der Waals surface area contributed by atoms with Crippen LogP contribution in [0, 0.1) is 13.8 Å². The summed E-state index contributed by atoms with van der Waals surface area (Å²) in [6.07, 6.45) is 3.22. The average Bonchev–Trinajstić information content (AvgIpc) is 3.23. The minimum absolute atomic E-state index is 0.172. The second kappa shape index (κ2) is 9.76. The first-order valence-electron chi connectivity index (χ1n) is 10.2. The number of anilines is 3. The maximum Gasteiger partial charge on any atom is 0.240 e. The minimum Gasteiger partial charge on any atom is -0.449 e. The van der Waals surface area contributed by atoms with Crippen LogP contribution < -0.4 is 15.4 Å². The van der Waals surface area contributed by atoms with Crippen LogP contribution in [0.1, 0.15) is 11.7 Å². The molecule has 1 aromatic carbocycles. The van der Waals surface area contributed by atoms with E-state index in [1.165, 1.54) is 6.26 Å². The maximum atomic E-state index is 12.6. The second-order valence-electron chi connectivity index (χ2n) is 7.13. The predicted molar refractivity (Wildman–Crippen MR) is 125 cm³/mol. The molecule has 4 rings (SSSR count). The molecule has 0 unspecified atom stereocenters. The van der Waals surface area contributed by atoms with Crippen LogP contribution in [0.25, 0.3) is 11.3 Å². The quantitative estimate of drug-likeness (QED) is 0.318. The summed E-state index contributed by atoms with van der Waals surface area (Å²) in [6, 6.07) is 13.7. The second-order valence-corrected chi connectivity index (χ2v) is 8.89. The lowest BCUT2D eigenvalue weighted by Gasteiger charge is -2.11. The van der Waals surface area contributed by atoms with Gasteiger partial charge in [0.25, 0.3) is 0 Å². The third-order valence-corrected chi connectivity index (χ3v) is 6.04. The lowest BCUT2D eigenvalue weighted by molar-refractivity contribution is 0.521. The van der Waals surface area contributed by atoms with E-state index in [-0.39, 0.29) is 11.4 Å². The Kier molecular flexibility index (Phi) is 6.61. The summed E-state index contributed by atoms with van der Waals surface area (Å²) in [5.74, 6) is 2.95. The van der Waals surface area contributed by atoms with E-state index >= 15 is 0 Å². The fourth-order valence-electron chi connectivity index (χ4n) is 3.05. The number of hydrogen-bond donors (Lipinski definition) is 3. The van der Waals surface area contributed by atoms with Crippen molar-refractivity contribution in [3.63, 3.8) is 0 Å². The number of hydrogen-bond acceptors (Lipinski definition) is 9. The molecular formula is C22H23N7O3S. The normalized spacial score (nSPS) is 11.3. The Morgan fingerprint density at radius 1 is 0.909 bits per heavy atom. The molecule has 4 aromatic rings. The third-order valence-electron chi connectivity index (χ3n) is 4.56. The van der Waals surface area contributed by atoms with E-state index in [0.717, 1.165) is 5.56 Å². The highest BCUT2D eigenvalue weighted by atomic mass is 32.2. The van der Waals surface area contributed by atoms with E-state index in [1.807, 2.05) is 18.2 Å². The summed E-state index contributed by atoms with van der Waals surface area (Å²) in [7, 11) is -3.65. The molecule has 3 N–H and O–H groups in total. The standard InChI is InChI=1S/C22H23N7O3S/c1-15-26-21(13-22(27-15)29-20-5-3-4-10-23-20)24-11-12-25-33(30,31)18-8-6-17(7-9-18)19-14-32-16(2)28-19/h3-10,13-14,25H,11-12H2,1-2H3,(H2,23,24,26,27,29). The molecule has 0 aliphatic heterocycles. The molecule has 0 radical (unpaired) electrons. The van der Waals surface area contributed by atoms with Crippen molar-refractivity contribution in [1.82, 2.24) is 24.7 Å². The summed E-state index contributed by atoms with van der Waals surface area (Å²) in [6.45, 7) is 4.05. The molecule has 3 heterocycles. The van der Waals surface area contributed by atoms with Crippen LogP contribution in [0.3, 0.4) is 0 Å². The molecule has 10 nitrogen and oxygen atoms in total. The van der Waals surface area contributed by atoms with Crippen LogP contribution in [0.2, 0.25) is 0 Å². The zero-order valence-corrected chi connectivity index (χ0v) is 18.9. The molecule has 170 valence electrons. The smallest absolute Gasteiger partial charge is 0.240 e. The van der Waals surface area contributed by atoms with Gasteiger partial charge < -0.3 is 15.1 Å². The van der Waals surface area contributed by atoms with Crippen molar-refractivity contribution in [2.45, 2.75) is 18.7 Å². The van der Waals surface area contributed by atoms with Gasteiger partial charge in [0.1, 0.15) is 35.2 Å². The number of nitrogens with zero attached hydrogens (tertiary/aromatic N) is 4. The Morgan fingerprint density at radius 2 is 1.70 bits per heavy atom. The van der Waals surface area contributed by atoms with Crippen molar-refractivity contribution in [2.75, 3.05) is 23.7 Å². The molecule has 0 atom stereocenters. The van der Waals surface area contributed by atoms with Gasteiger partial charge in [0.05, 0.1) is 4.90 Å². The van der Waals surface area contributed by atoms with Gasteiger partial charge >= 0.3 is 0 Å². The van der Waals surface area contributed by atoms with E-state index in [0.29, 0.717) is 41.4 Å². The fourth-order valence-corrected chi connectivity index (χ4v) is 4.08. The Balaban J connectivity index is 1.32. The molecule has 0 bridgehead atoms. The summed E-state index contributed by atoms with van der Waals surface area (Å²) in [5, 5.41) is 6.23. The van der Waals surface area contributed by atoms with Gasteiger partial charge in [-0.1, -0.05) is 18.2 Å². The number of nitrogens with one attached hydrogen (secondary N) is 3.